The minimum Gasteiger partial charge on any atom is -0.382 e. The molecular formula is C19H18ClN5O4. The molecular weight excluding hydrogens is 398 g/mol. The van der Waals surface area contributed by atoms with Crippen molar-refractivity contribution < 1.29 is 14.6 Å². The van der Waals surface area contributed by atoms with Gasteiger partial charge >= 0.3 is 0 Å². The van der Waals surface area contributed by atoms with Crippen LogP contribution in [0.2, 0.25) is 5.02 Å². The van der Waals surface area contributed by atoms with Crippen LogP contribution in [0, 0.1) is 0 Å². The number of aliphatic hydroxyl groups excluding tert-OH is 1. The molecule has 2 aromatic carbocycles. The number of aromatic nitrogens is 4. The minimum atomic E-state index is -1.22. The van der Waals surface area contributed by atoms with Crippen LogP contribution >= 0.6 is 11.6 Å². The first-order valence-electron chi connectivity index (χ1n) is 8.78. The number of aliphatic hydroxyl groups is 1. The third-order valence-corrected chi connectivity index (χ3v) is 4.57. The first-order valence-corrected chi connectivity index (χ1v) is 9.16. The summed E-state index contributed by atoms with van der Waals surface area (Å²) in [5.74, 6) is 0.351. The van der Waals surface area contributed by atoms with Gasteiger partial charge in [-0.1, -0.05) is 17.7 Å². The zero-order valence-electron chi connectivity index (χ0n) is 15.4. The molecule has 10 heteroatoms. The molecule has 0 amide bonds. The number of imidazole rings is 1. The first kappa shape index (κ1) is 19.3. The van der Waals surface area contributed by atoms with E-state index in [4.69, 9.17) is 21.1 Å². The second-order valence-electron chi connectivity index (χ2n) is 6.27. The summed E-state index contributed by atoms with van der Waals surface area (Å²) in [6.45, 7) is 0.606. The predicted molar refractivity (Wildman–Crippen MR) is 110 cm³/mol. The number of hydrogen-bond acceptors (Lipinski definition) is 7. The van der Waals surface area contributed by atoms with Crippen molar-refractivity contribution in [3.8, 4) is 11.3 Å². The summed E-state index contributed by atoms with van der Waals surface area (Å²) in [7, 11) is 1.55. The molecule has 29 heavy (non-hydrogen) atoms. The molecule has 1 unspecified atom stereocenters. The fraction of sp³-hybridized carbons (Fsp3) is 0.211. The van der Waals surface area contributed by atoms with Gasteiger partial charge in [-0.2, -0.15) is 5.10 Å². The molecule has 0 saturated heterocycles. The van der Waals surface area contributed by atoms with Crippen molar-refractivity contribution in [2.75, 3.05) is 25.6 Å². The topological polar surface area (TPSA) is 125 Å². The van der Waals surface area contributed by atoms with Crippen LogP contribution in [-0.2, 0) is 9.47 Å². The lowest BCUT2D eigenvalue weighted by Gasteiger charge is -2.11. The molecule has 0 radical (unpaired) electrons. The van der Waals surface area contributed by atoms with E-state index in [1.807, 2.05) is 18.2 Å². The van der Waals surface area contributed by atoms with Crippen molar-refractivity contribution in [1.82, 2.24) is 20.2 Å². The Morgan fingerprint density at radius 3 is 2.90 bits per heavy atom. The average molecular weight is 416 g/mol. The Morgan fingerprint density at radius 2 is 2.07 bits per heavy atom. The van der Waals surface area contributed by atoms with Gasteiger partial charge in [-0.25, -0.2) is 10.1 Å². The normalized spacial score (nSPS) is 12.5. The summed E-state index contributed by atoms with van der Waals surface area (Å²) in [6, 6.07) is 10.6. The maximum atomic E-state index is 12.1. The quantitative estimate of drug-likeness (QED) is 0.270. The first-order chi connectivity index (χ1) is 14.0. The summed E-state index contributed by atoms with van der Waals surface area (Å²) < 4.78 is 10.0. The third-order valence-electron chi connectivity index (χ3n) is 4.33. The Bertz CT molecular complexity index is 1220. The van der Waals surface area contributed by atoms with Gasteiger partial charge < -0.3 is 24.9 Å². The van der Waals surface area contributed by atoms with Gasteiger partial charge in [0.25, 0.3) is 5.56 Å². The second kappa shape index (κ2) is 8.18. The molecule has 9 nitrogen and oxygen atoms in total. The van der Waals surface area contributed by atoms with Gasteiger partial charge in [0.1, 0.15) is 0 Å². The van der Waals surface area contributed by atoms with Gasteiger partial charge in [0.15, 0.2) is 0 Å². The summed E-state index contributed by atoms with van der Waals surface area (Å²) in [6.07, 6.45) is -1.22. The maximum absolute atomic E-state index is 12.1. The van der Waals surface area contributed by atoms with Gasteiger partial charge in [-0.05, 0) is 30.3 Å². The molecule has 0 aliphatic rings. The van der Waals surface area contributed by atoms with Crippen LogP contribution in [0.1, 0.15) is 0 Å². The fourth-order valence-corrected chi connectivity index (χ4v) is 3.15. The van der Waals surface area contributed by atoms with Gasteiger partial charge in [0, 0.05) is 23.1 Å². The molecule has 0 aliphatic heterocycles. The highest BCUT2D eigenvalue weighted by molar-refractivity contribution is 6.31. The molecule has 0 spiro atoms. The predicted octanol–water partition coefficient (Wildman–Crippen LogP) is 2.47. The molecule has 0 saturated carbocycles. The number of hydrogen-bond donors (Lipinski definition) is 4. The molecule has 2 heterocycles. The summed E-state index contributed by atoms with van der Waals surface area (Å²) >= 11 is 6.11. The van der Waals surface area contributed by atoms with Crippen LogP contribution in [-0.4, -0.2) is 52.0 Å². The number of nitrogens with one attached hydrogen (secondary N) is 3. The van der Waals surface area contributed by atoms with Crippen molar-refractivity contribution >= 4 is 39.4 Å². The molecule has 2 aromatic heterocycles. The van der Waals surface area contributed by atoms with E-state index >= 15 is 0 Å². The lowest BCUT2D eigenvalue weighted by Crippen LogP contribution is -2.24. The Hall–Kier alpha value is -2.98. The van der Waals surface area contributed by atoms with E-state index in [1.54, 1.807) is 25.3 Å². The molecule has 4 N–H and O–H groups in total. The summed E-state index contributed by atoms with van der Waals surface area (Å²) in [5.41, 5.74) is 2.47. The van der Waals surface area contributed by atoms with Crippen molar-refractivity contribution in [3.05, 3.63) is 51.8 Å². The SMILES string of the molecule is COCCOC(O)Nc1nc2cc(-c3n[nH]c(=O)c4ccc(Cl)cc34)ccc2[nH]1. The molecule has 4 rings (SSSR count). The Balaban J connectivity index is 1.66. The second-order valence-corrected chi connectivity index (χ2v) is 6.71. The lowest BCUT2D eigenvalue weighted by molar-refractivity contribution is -0.0903. The number of ether oxygens (including phenoxy) is 2. The van der Waals surface area contributed by atoms with Crippen molar-refractivity contribution in [1.29, 1.82) is 0 Å². The number of aromatic amines is 2. The van der Waals surface area contributed by atoms with Crippen molar-refractivity contribution in [3.63, 3.8) is 0 Å². The van der Waals surface area contributed by atoms with E-state index in [0.29, 0.717) is 39.6 Å². The molecule has 150 valence electrons. The number of nitrogens with zero attached hydrogens (tertiary/aromatic N) is 2. The highest BCUT2D eigenvalue weighted by Crippen LogP contribution is 2.29. The fourth-order valence-electron chi connectivity index (χ4n) is 2.98. The van der Waals surface area contributed by atoms with Crippen molar-refractivity contribution in [2.45, 2.75) is 6.41 Å². The van der Waals surface area contributed by atoms with Crippen LogP contribution in [0.5, 0.6) is 0 Å². The molecule has 0 aliphatic carbocycles. The maximum Gasteiger partial charge on any atom is 0.272 e. The smallest absolute Gasteiger partial charge is 0.272 e. The number of fused-ring (bicyclic) bond motifs is 2. The van der Waals surface area contributed by atoms with E-state index in [0.717, 1.165) is 11.1 Å². The minimum absolute atomic E-state index is 0.239. The average Bonchev–Trinajstić information content (AvgIpc) is 3.09. The summed E-state index contributed by atoms with van der Waals surface area (Å²) in [5, 5.41) is 21.0. The van der Waals surface area contributed by atoms with Gasteiger partial charge in [-0.3, -0.25) is 4.79 Å². The molecule has 1 atom stereocenters. The summed E-state index contributed by atoms with van der Waals surface area (Å²) in [4.78, 5) is 19.5. The van der Waals surface area contributed by atoms with E-state index in [2.05, 4.69) is 25.5 Å². The zero-order chi connectivity index (χ0) is 20.4. The van der Waals surface area contributed by atoms with Gasteiger partial charge in [0.05, 0.1) is 35.3 Å². The van der Waals surface area contributed by atoms with E-state index in [-0.39, 0.29) is 12.2 Å². The zero-order valence-corrected chi connectivity index (χ0v) is 16.2. The number of anilines is 1. The highest BCUT2D eigenvalue weighted by Gasteiger charge is 2.13. The van der Waals surface area contributed by atoms with Crippen LogP contribution in [0.25, 0.3) is 33.1 Å². The van der Waals surface area contributed by atoms with E-state index in [1.165, 1.54) is 0 Å². The van der Waals surface area contributed by atoms with Crippen molar-refractivity contribution in [2.24, 2.45) is 0 Å². The largest absolute Gasteiger partial charge is 0.382 e. The Labute approximate surface area is 169 Å². The number of H-pyrrole nitrogens is 2. The molecule has 4 aromatic rings. The number of benzene rings is 2. The van der Waals surface area contributed by atoms with E-state index < -0.39 is 6.41 Å². The van der Waals surface area contributed by atoms with Crippen LogP contribution in [0.4, 0.5) is 5.95 Å². The third kappa shape index (κ3) is 4.08. The standard InChI is InChI=1S/C19H18ClN5O4/c1-28-6-7-29-19(27)23-18-21-14-5-2-10(8-15(14)22-18)16-13-9-11(20)3-4-12(13)17(26)25-24-16/h2-5,8-9,19,27H,6-7H2,1H3,(H,25,26)(H2,21,22,23). The van der Waals surface area contributed by atoms with Crippen LogP contribution in [0.3, 0.4) is 0 Å². The highest BCUT2D eigenvalue weighted by atomic mass is 35.5. The number of rotatable bonds is 7. The van der Waals surface area contributed by atoms with Gasteiger partial charge in [0.2, 0.25) is 12.4 Å². The number of methoxy groups -OCH3 is 1. The molecule has 0 bridgehead atoms. The van der Waals surface area contributed by atoms with Crippen LogP contribution in [0.15, 0.2) is 41.2 Å². The monoisotopic (exact) mass is 415 g/mol. The van der Waals surface area contributed by atoms with Gasteiger partial charge in [-0.15, -0.1) is 0 Å². The lowest BCUT2D eigenvalue weighted by atomic mass is 10.0. The number of halogens is 1. The Kier molecular flexibility index (Phi) is 5.45. The molecule has 0 fully saturated rings. The Morgan fingerprint density at radius 1 is 1.21 bits per heavy atom. The van der Waals surface area contributed by atoms with Crippen LogP contribution < -0.4 is 10.9 Å². The van der Waals surface area contributed by atoms with E-state index in [9.17, 15) is 9.90 Å².